The number of hydrogen-bond donors (Lipinski definition) is 0. The van der Waals surface area contributed by atoms with Crippen LogP contribution < -0.4 is 0 Å². The third kappa shape index (κ3) is 3.94. The molecule has 1 aliphatic rings. The lowest BCUT2D eigenvalue weighted by Gasteiger charge is -2.10. The van der Waals surface area contributed by atoms with Gasteiger partial charge < -0.3 is 0 Å². The van der Waals surface area contributed by atoms with Gasteiger partial charge in [-0.15, -0.1) is 0 Å². The van der Waals surface area contributed by atoms with Crippen LogP contribution in [0.2, 0.25) is 0 Å². The van der Waals surface area contributed by atoms with Crippen molar-refractivity contribution in [3.63, 3.8) is 0 Å². The van der Waals surface area contributed by atoms with Crippen molar-refractivity contribution in [2.24, 2.45) is 0 Å². The average molecular weight is 167 g/mol. The fourth-order valence-corrected chi connectivity index (χ4v) is 1.77. The Bertz CT molecular complexity index is 170. The van der Waals surface area contributed by atoms with Crippen LogP contribution in [0, 0.1) is 0 Å². The molecule has 0 nitrogen and oxygen atoms in total. The van der Waals surface area contributed by atoms with Crippen LogP contribution in [0.15, 0.2) is 11.6 Å². The Labute approximate surface area is 78.5 Å². The van der Waals surface area contributed by atoms with E-state index in [1.165, 1.54) is 56.9 Å². The first kappa shape index (κ1) is 8.34. The third-order valence-corrected chi connectivity index (χ3v) is 2.61. The summed E-state index contributed by atoms with van der Waals surface area (Å²) in [7, 11) is 0. The molecule has 0 heteroatoms. The number of rotatable bonds is 3. The van der Waals surface area contributed by atoms with E-state index in [0.29, 0.717) is 0 Å². The Morgan fingerprint density at radius 1 is 1.33 bits per heavy atom. The van der Waals surface area contributed by atoms with Crippen LogP contribution in [0.5, 0.6) is 0 Å². The normalized spacial score (nSPS) is 27.6. The van der Waals surface area contributed by atoms with Crippen LogP contribution >= 0.6 is 0 Å². The van der Waals surface area contributed by atoms with Crippen molar-refractivity contribution in [3.05, 3.63) is 11.6 Å². The molecule has 0 unspecified atom stereocenters. The van der Waals surface area contributed by atoms with Gasteiger partial charge in [0.2, 0.25) is 0 Å². The molecule has 0 atom stereocenters. The van der Waals surface area contributed by atoms with Gasteiger partial charge in [0.1, 0.15) is 0 Å². The molecule has 0 bridgehead atoms. The Morgan fingerprint density at radius 3 is 3.00 bits per heavy atom. The molecule has 0 radical (unpaired) electrons. The van der Waals surface area contributed by atoms with E-state index in [-0.39, 0.29) is 0 Å². The second-order valence-corrected chi connectivity index (χ2v) is 3.80. The van der Waals surface area contributed by atoms with Crippen molar-refractivity contribution in [3.8, 4) is 0 Å². The summed E-state index contributed by atoms with van der Waals surface area (Å²) in [5.74, 6) is 0. The first-order chi connectivity index (χ1) is 6.34. The summed E-state index contributed by atoms with van der Waals surface area (Å²) < 4.78 is 7.92. The summed E-state index contributed by atoms with van der Waals surface area (Å²) in [6.45, 7) is 2.23. The van der Waals surface area contributed by atoms with Gasteiger partial charge in [-0.1, -0.05) is 37.8 Å². The van der Waals surface area contributed by atoms with E-state index in [9.17, 15) is 0 Å². The highest BCUT2D eigenvalue weighted by Gasteiger charge is 2.00. The van der Waals surface area contributed by atoms with Crippen LogP contribution in [0.3, 0.4) is 0 Å². The van der Waals surface area contributed by atoms with Crippen molar-refractivity contribution >= 4 is 0 Å². The van der Waals surface area contributed by atoms with E-state index in [4.69, 9.17) is 1.37 Å². The molecule has 0 fully saturated rings. The maximum absolute atomic E-state index is 7.92. The summed E-state index contributed by atoms with van der Waals surface area (Å²) in [5, 5.41) is 0. The lowest BCUT2D eigenvalue weighted by Crippen LogP contribution is -1.90. The van der Waals surface area contributed by atoms with Crippen molar-refractivity contribution in [1.82, 2.24) is 0 Å². The van der Waals surface area contributed by atoms with E-state index >= 15 is 0 Å². The molecule has 0 aromatic carbocycles. The molecular weight excluding hydrogens is 144 g/mol. The molecule has 0 saturated carbocycles. The first-order valence-electron chi connectivity index (χ1n) is 6.02. The predicted molar refractivity (Wildman–Crippen MR) is 55.3 cm³/mol. The zero-order valence-corrected chi connectivity index (χ0v) is 8.36. The molecule has 0 amide bonds. The quantitative estimate of drug-likeness (QED) is 0.544. The standard InChI is InChI=1S/C12H22/c1-2-3-9-12-10-7-5-4-6-8-11-12/h10H,2-9,11H2,1H3/b12-10-/i10D. The van der Waals surface area contributed by atoms with E-state index in [1.54, 1.807) is 0 Å². The van der Waals surface area contributed by atoms with E-state index in [0.717, 1.165) is 12.5 Å². The number of unbranched alkanes of at least 4 members (excludes halogenated alkanes) is 1. The molecule has 1 rings (SSSR count). The van der Waals surface area contributed by atoms with Crippen molar-refractivity contribution in [1.29, 1.82) is 0 Å². The molecule has 0 aromatic rings. The van der Waals surface area contributed by atoms with Crippen molar-refractivity contribution in [2.45, 2.75) is 64.7 Å². The minimum absolute atomic E-state index is 0.966. The second kappa shape index (κ2) is 6.28. The Morgan fingerprint density at radius 2 is 2.17 bits per heavy atom. The molecule has 0 N–H and O–H groups in total. The van der Waals surface area contributed by atoms with Gasteiger partial charge in [0.25, 0.3) is 0 Å². The van der Waals surface area contributed by atoms with Gasteiger partial charge in [-0.25, -0.2) is 0 Å². The lowest BCUT2D eigenvalue weighted by molar-refractivity contribution is 0.607. The maximum Gasteiger partial charge on any atom is 0.0575 e. The zero-order valence-electron chi connectivity index (χ0n) is 9.36. The third-order valence-electron chi connectivity index (χ3n) is 2.61. The Balaban J connectivity index is 2.46. The zero-order chi connectivity index (χ0) is 9.52. The SMILES string of the molecule is [2H]/C1=C(\CCCC)CCCCCC1. The molecule has 0 aromatic heterocycles. The van der Waals surface area contributed by atoms with Crippen molar-refractivity contribution in [2.75, 3.05) is 0 Å². The highest BCUT2D eigenvalue weighted by atomic mass is 14.1. The van der Waals surface area contributed by atoms with E-state index in [2.05, 4.69) is 6.92 Å². The molecule has 0 saturated heterocycles. The van der Waals surface area contributed by atoms with Crippen LogP contribution in [0.1, 0.15) is 66.1 Å². The van der Waals surface area contributed by atoms with Gasteiger partial charge >= 0.3 is 0 Å². The lowest BCUT2D eigenvalue weighted by atomic mass is 9.96. The fourth-order valence-electron chi connectivity index (χ4n) is 1.77. The first-order valence-corrected chi connectivity index (χ1v) is 5.52. The highest BCUT2D eigenvalue weighted by molar-refractivity contribution is 5.02. The van der Waals surface area contributed by atoms with Crippen LogP contribution in [-0.4, -0.2) is 0 Å². The highest BCUT2D eigenvalue weighted by Crippen LogP contribution is 2.20. The molecule has 0 heterocycles. The van der Waals surface area contributed by atoms with E-state index < -0.39 is 0 Å². The average Bonchev–Trinajstić information content (AvgIpc) is 2.11. The van der Waals surface area contributed by atoms with Crippen LogP contribution in [-0.2, 0) is 0 Å². The fraction of sp³-hybridized carbons (Fsp3) is 0.833. The van der Waals surface area contributed by atoms with Gasteiger partial charge in [0.15, 0.2) is 0 Å². The molecule has 12 heavy (non-hydrogen) atoms. The molecule has 0 spiro atoms. The van der Waals surface area contributed by atoms with Crippen LogP contribution in [0.4, 0.5) is 0 Å². The summed E-state index contributed by atoms with van der Waals surface area (Å²) in [6.07, 6.45) is 11.3. The topological polar surface area (TPSA) is 0 Å². The summed E-state index contributed by atoms with van der Waals surface area (Å²) in [6, 6.07) is 0.966. The Kier molecular flexibility index (Phi) is 4.36. The van der Waals surface area contributed by atoms with Gasteiger partial charge in [0.05, 0.1) is 1.37 Å². The second-order valence-electron chi connectivity index (χ2n) is 3.80. The van der Waals surface area contributed by atoms with Crippen LogP contribution in [0.25, 0.3) is 0 Å². The molecule has 1 aliphatic carbocycles. The smallest absolute Gasteiger partial charge is 0.0575 e. The maximum atomic E-state index is 7.92. The summed E-state index contributed by atoms with van der Waals surface area (Å²) in [4.78, 5) is 0. The summed E-state index contributed by atoms with van der Waals surface area (Å²) >= 11 is 0. The largest absolute Gasteiger partial charge is 0.0853 e. The van der Waals surface area contributed by atoms with Gasteiger partial charge in [-0.05, 0) is 38.5 Å². The van der Waals surface area contributed by atoms with Gasteiger partial charge in [-0.2, -0.15) is 0 Å². The number of hydrogen-bond acceptors (Lipinski definition) is 0. The Hall–Kier alpha value is -0.260. The monoisotopic (exact) mass is 167 g/mol. The van der Waals surface area contributed by atoms with Gasteiger partial charge in [0, 0.05) is 0 Å². The summed E-state index contributed by atoms with van der Waals surface area (Å²) in [5.41, 5.74) is 1.46. The van der Waals surface area contributed by atoms with E-state index in [1.807, 2.05) is 0 Å². The van der Waals surface area contributed by atoms with Gasteiger partial charge in [-0.3, -0.25) is 0 Å². The molecule has 70 valence electrons. The molecular formula is C12H22. The molecule has 0 aliphatic heterocycles. The minimum Gasteiger partial charge on any atom is -0.0853 e. The van der Waals surface area contributed by atoms with Crippen molar-refractivity contribution < 1.29 is 1.37 Å². The number of allylic oxidation sites excluding steroid dienone is 2. The predicted octanol–water partition coefficient (Wildman–Crippen LogP) is 4.46. The minimum atomic E-state index is 0.966.